The van der Waals surface area contributed by atoms with Gasteiger partial charge in [0.25, 0.3) is 5.91 Å². The first-order valence-electron chi connectivity index (χ1n) is 8.23. The third-order valence-corrected chi connectivity index (χ3v) is 5.12. The maximum absolute atomic E-state index is 12.9. The number of rotatable bonds is 2. The number of carbonyl (C=O) groups is 1. The van der Waals surface area contributed by atoms with Gasteiger partial charge in [-0.15, -0.1) is 0 Å². The predicted molar refractivity (Wildman–Crippen MR) is 82.2 cm³/mol. The van der Waals surface area contributed by atoms with Gasteiger partial charge in [0, 0.05) is 37.9 Å². The quantitative estimate of drug-likeness (QED) is 0.901. The van der Waals surface area contributed by atoms with Gasteiger partial charge in [-0.2, -0.15) is 0 Å². The lowest BCUT2D eigenvalue weighted by atomic mass is 10.2. The Kier molecular flexibility index (Phi) is 3.17. The van der Waals surface area contributed by atoms with Crippen LogP contribution in [0.2, 0.25) is 0 Å². The zero-order valence-electron chi connectivity index (χ0n) is 12.5. The van der Waals surface area contributed by atoms with Crippen molar-refractivity contribution in [2.45, 2.75) is 44.2 Å². The molecule has 5 heteroatoms. The average molecular weight is 288 g/mol. The highest BCUT2D eigenvalue weighted by atomic mass is 16.2. The number of amides is 1. The second-order valence-electron chi connectivity index (χ2n) is 6.73. The van der Waals surface area contributed by atoms with Gasteiger partial charge in [0.05, 0.1) is 5.69 Å². The van der Waals surface area contributed by atoms with E-state index in [1.54, 1.807) is 0 Å². The number of hydrogen-bond donors (Lipinski definition) is 1. The lowest BCUT2D eigenvalue weighted by molar-refractivity contribution is 0.0732. The van der Waals surface area contributed by atoms with Crippen LogP contribution in [0.4, 0.5) is 5.69 Å². The number of nitrogen functional groups attached to an aromatic ring is 1. The zero-order valence-corrected chi connectivity index (χ0v) is 12.5. The summed E-state index contributed by atoms with van der Waals surface area (Å²) in [7, 11) is 0. The van der Waals surface area contributed by atoms with Crippen molar-refractivity contribution in [3.05, 3.63) is 18.0 Å². The van der Waals surface area contributed by atoms with Gasteiger partial charge in [0.2, 0.25) is 0 Å². The smallest absolute Gasteiger partial charge is 0.270 e. The topological polar surface area (TPSA) is 54.5 Å². The normalized spacial score (nSPS) is 26.7. The number of fused-ring (bicyclic) bond motifs is 1. The van der Waals surface area contributed by atoms with Crippen molar-refractivity contribution in [3.8, 4) is 0 Å². The van der Waals surface area contributed by atoms with Crippen molar-refractivity contribution in [1.82, 2.24) is 14.4 Å². The fourth-order valence-electron chi connectivity index (χ4n) is 3.88. The molecule has 1 aromatic heterocycles. The van der Waals surface area contributed by atoms with Gasteiger partial charge in [-0.3, -0.25) is 9.69 Å². The molecule has 21 heavy (non-hydrogen) atoms. The van der Waals surface area contributed by atoms with E-state index >= 15 is 0 Å². The number of hydrogen-bond acceptors (Lipinski definition) is 3. The molecule has 2 N–H and O–H groups in total. The molecule has 0 radical (unpaired) electrons. The minimum Gasteiger partial charge on any atom is -0.397 e. The van der Waals surface area contributed by atoms with Crippen molar-refractivity contribution in [1.29, 1.82) is 0 Å². The summed E-state index contributed by atoms with van der Waals surface area (Å²) in [4.78, 5) is 17.6. The van der Waals surface area contributed by atoms with Crippen LogP contribution in [0, 0.1) is 0 Å². The summed E-state index contributed by atoms with van der Waals surface area (Å²) in [6, 6.07) is 2.92. The second-order valence-corrected chi connectivity index (χ2v) is 6.73. The Morgan fingerprint density at radius 2 is 1.90 bits per heavy atom. The number of nitrogens with zero attached hydrogens (tertiary/aromatic N) is 3. The summed E-state index contributed by atoms with van der Waals surface area (Å²) >= 11 is 0. The van der Waals surface area contributed by atoms with Crippen molar-refractivity contribution in [3.63, 3.8) is 0 Å². The van der Waals surface area contributed by atoms with E-state index in [0.29, 0.717) is 17.8 Å². The highest BCUT2D eigenvalue weighted by Gasteiger charge is 2.33. The summed E-state index contributed by atoms with van der Waals surface area (Å²) in [6.45, 7) is 4.11. The molecule has 1 aliphatic carbocycles. The molecule has 4 rings (SSSR count). The molecule has 3 heterocycles. The largest absolute Gasteiger partial charge is 0.397 e. The summed E-state index contributed by atoms with van der Waals surface area (Å²) in [5, 5.41) is 0. The average Bonchev–Trinajstić information content (AvgIpc) is 3.17. The molecule has 1 aromatic rings. The van der Waals surface area contributed by atoms with Crippen molar-refractivity contribution in [2.24, 2.45) is 0 Å². The third kappa shape index (κ3) is 2.44. The van der Waals surface area contributed by atoms with E-state index in [-0.39, 0.29) is 5.91 Å². The molecule has 114 valence electrons. The number of carbonyl (C=O) groups excluding carboxylic acids is 1. The molecule has 5 nitrogen and oxygen atoms in total. The minimum atomic E-state index is 0.173. The van der Waals surface area contributed by atoms with Gasteiger partial charge in [0.15, 0.2) is 0 Å². The van der Waals surface area contributed by atoms with Crippen LogP contribution in [-0.2, 0) is 0 Å². The molecule has 0 spiro atoms. The first-order chi connectivity index (χ1) is 10.2. The van der Waals surface area contributed by atoms with Crippen LogP contribution in [0.25, 0.3) is 0 Å². The van der Waals surface area contributed by atoms with E-state index in [0.717, 1.165) is 31.7 Å². The Morgan fingerprint density at radius 1 is 1.10 bits per heavy atom. The molecule has 1 saturated carbocycles. The lowest BCUT2D eigenvalue weighted by Gasteiger charge is -2.26. The predicted octanol–water partition coefficient (Wildman–Crippen LogP) is 1.72. The number of anilines is 1. The number of nitrogens with two attached hydrogens (primary N) is 1. The van der Waals surface area contributed by atoms with Crippen molar-refractivity contribution < 1.29 is 4.79 Å². The van der Waals surface area contributed by atoms with E-state index < -0.39 is 0 Å². The van der Waals surface area contributed by atoms with E-state index in [2.05, 4.69) is 14.4 Å². The van der Waals surface area contributed by atoms with E-state index in [9.17, 15) is 4.79 Å². The standard InChI is InChI=1S/C16H24N4O/c17-12-9-15(20(10-12)13-4-5-13)16(21)19-8-2-7-18-6-1-3-14(18)11-19/h9-10,13-14H,1-8,11,17H2. The fraction of sp³-hybridized carbons (Fsp3) is 0.688. The monoisotopic (exact) mass is 288 g/mol. The first-order valence-corrected chi connectivity index (χ1v) is 8.23. The van der Waals surface area contributed by atoms with Gasteiger partial charge < -0.3 is 15.2 Å². The third-order valence-electron chi connectivity index (χ3n) is 5.12. The summed E-state index contributed by atoms with van der Waals surface area (Å²) in [5.41, 5.74) is 7.43. The van der Waals surface area contributed by atoms with Crippen LogP contribution in [0.1, 0.15) is 48.6 Å². The van der Waals surface area contributed by atoms with Crippen LogP contribution in [0.3, 0.4) is 0 Å². The Labute approximate surface area is 125 Å². The van der Waals surface area contributed by atoms with Crippen LogP contribution in [0.5, 0.6) is 0 Å². The summed E-state index contributed by atoms with van der Waals surface area (Å²) < 4.78 is 2.11. The molecular formula is C16H24N4O. The molecule has 0 bridgehead atoms. The minimum absolute atomic E-state index is 0.173. The van der Waals surface area contributed by atoms with Gasteiger partial charge in [0.1, 0.15) is 5.69 Å². The summed E-state index contributed by atoms with van der Waals surface area (Å²) in [6.07, 6.45) is 7.87. The molecule has 3 aliphatic rings. The Hall–Kier alpha value is -1.49. The first kappa shape index (κ1) is 13.2. The van der Waals surface area contributed by atoms with Crippen LogP contribution < -0.4 is 5.73 Å². The van der Waals surface area contributed by atoms with Crippen molar-refractivity contribution in [2.75, 3.05) is 31.9 Å². The Morgan fingerprint density at radius 3 is 2.71 bits per heavy atom. The van der Waals surface area contributed by atoms with Gasteiger partial charge in [-0.1, -0.05) is 0 Å². The fourth-order valence-corrected chi connectivity index (χ4v) is 3.88. The van der Waals surface area contributed by atoms with Crippen LogP contribution in [-0.4, -0.2) is 52.5 Å². The van der Waals surface area contributed by atoms with E-state index in [1.165, 1.54) is 32.2 Å². The highest BCUT2D eigenvalue weighted by Crippen LogP contribution is 2.37. The van der Waals surface area contributed by atoms with Gasteiger partial charge in [-0.25, -0.2) is 0 Å². The SMILES string of the molecule is Nc1cc(C(=O)N2CCCN3CCCC3C2)n(C2CC2)c1. The maximum Gasteiger partial charge on any atom is 0.270 e. The van der Waals surface area contributed by atoms with Gasteiger partial charge in [-0.05, 0) is 44.7 Å². The lowest BCUT2D eigenvalue weighted by Crippen LogP contribution is -2.40. The van der Waals surface area contributed by atoms with Gasteiger partial charge >= 0.3 is 0 Å². The second kappa shape index (κ2) is 5.05. The molecular weight excluding hydrogens is 264 g/mol. The van der Waals surface area contributed by atoms with Crippen LogP contribution in [0.15, 0.2) is 12.3 Å². The molecule has 1 unspecified atom stereocenters. The Balaban J connectivity index is 1.56. The molecule has 2 saturated heterocycles. The summed E-state index contributed by atoms with van der Waals surface area (Å²) in [5.74, 6) is 0.173. The Bertz CT molecular complexity index is 548. The molecule has 2 aliphatic heterocycles. The van der Waals surface area contributed by atoms with E-state index in [4.69, 9.17) is 5.73 Å². The van der Waals surface area contributed by atoms with Crippen molar-refractivity contribution >= 4 is 11.6 Å². The van der Waals surface area contributed by atoms with E-state index in [1.807, 2.05) is 12.3 Å². The zero-order chi connectivity index (χ0) is 14.4. The maximum atomic E-state index is 12.9. The highest BCUT2D eigenvalue weighted by molar-refractivity contribution is 5.94. The molecule has 1 atom stereocenters. The molecule has 1 amide bonds. The molecule has 0 aromatic carbocycles. The number of aromatic nitrogens is 1. The molecule has 3 fully saturated rings. The van der Waals surface area contributed by atoms with Crippen LogP contribution >= 0.6 is 0 Å².